The Bertz CT molecular complexity index is 504. The van der Waals surface area contributed by atoms with Crippen molar-refractivity contribution in [2.75, 3.05) is 30.0 Å². The third-order valence-electron chi connectivity index (χ3n) is 1.87. The molecule has 8 heteroatoms. The number of aromatic nitrogens is 2. The number of hydrogen-bond acceptors (Lipinski definition) is 6. The SMILES string of the molecule is CCNc1nc(Cl)c(S(C)(=O)=O)c(NCC)n1. The molecular formula is C9H15ClN4O2S. The first kappa shape index (κ1) is 14.0. The van der Waals surface area contributed by atoms with Crippen LogP contribution in [0.15, 0.2) is 4.90 Å². The maximum Gasteiger partial charge on any atom is 0.226 e. The van der Waals surface area contributed by atoms with Crippen LogP contribution in [0.5, 0.6) is 0 Å². The molecule has 0 aliphatic heterocycles. The maximum atomic E-state index is 11.6. The van der Waals surface area contributed by atoms with Crippen molar-refractivity contribution in [1.82, 2.24) is 9.97 Å². The molecule has 0 radical (unpaired) electrons. The zero-order chi connectivity index (χ0) is 13.1. The second kappa shape index (κ2) is 5.50. The third-order valence-corrected chi connectivity index (χ3v) is 3.39. The summed E-state index contributed by atoms with van der Waals surface area (Å²) in [5.74, 6) is 0.534. The van der Waals surface area contributed by atoms with Gasteiger partial charge < -0.3 is 10.6 Å². The highest BCUT2D eigenvalue weighted by atomic mass is 35.5. The van der Waals surface area contributed by atoms with E-state index in [0.717, 1.165) is 6.26 Å². The van der Waals surface area contributed by atoms with Crippen LogP contribution in [-0.4, -0.2) is 37.7 Å². The van der Waals surface area contributed by atoms with Crippen LogP contribution < -0.4 is 10.6 Å². The van der Waals surface area contributed by atoms with Crippen molar-refractivity contribution in [1.29, 1.82) is 0 Å². The maximum absolute atomic E-state index is 11.6. The molecule has 0 atom stereocenters. The third kappa shape index (κ3) is 3.44. The van der Waals surface area contributed by atoms with Gasteiger partial charge in [-0.3, -0.25) is 0 Å². The monoisotopic (exact) mass is 278 g/mol. The minimum absolute atomic E-state index is 0.0670. The van der Waals surface area contributed by atoms with E-state index in [1.807, 2.05) is 13.8 Å². The first-order valence-electron chi connectivity index (χ1n) is 5.15. The van der Waals surface area contributed by atoms with Crippen LogP contribution >= 0.6 is 11.6 Å². The fourth-order valence-corrected chi connectivity index (χ4v) is 2.69. The van der Waals surface area contributed by atoms with Crippen LogP contribution in [0.2, 0.25) is 5.15 Å². The molecule has 1 heterocycles. The lowest BCUT2D eigenvalue weighted by atomic mass is 10.5. The van der Waals surface area contributed by atoms with Crippen molar-refractivity contribution in [3.8, 4) is 0 Å². The number of sulfone groups is 1. The van der Waals surface area contributed by atoms with Gasteiger partial charge in [0.2, 0.25) is 5.95 Å². The Morgan fingerprint density at radius 3 is 2.24 bits per heavy atom. The average molecular weight is 279 g/mol. The number of halogens is 1. The minimum atomic E-state index is -3.47. The molecule has 1 rings (SSSR count). The van der Waals surface area contributed by atoms with E-state index in [1.54, 1.807) is 0 Å². The van der Waals surface area contributed by atoms with Crippen LogP contribution in [0.1, 0.15) is 13.8 Å². The molecule has 0 unspecified atom stereocenters. The van der Waals surface area contributed by atoms with Gasteiger partial charge in [-0.05, 0) is 13.8 Å². The normalized spacial score (nSPS) is 11.3. The molecule has 0 aromatic carbocycles. The zero-order valence-corrected chi connectivity index (χ0v) is 11.5. The van der Waals surface area contributed by atoms with Crippen molar-refractivity contribution in [3.63, 3.8) is 0 Å². The summed E-state index contributed by atoms with van der Waals surface area (Å²) in [4.78, 5) is 7.91. The van der Waals surface area contributed by atoms with E-state index in [1.165, 1.54) is 0 Å². The largest absolute Gasteiger partial charge is 0.369 e. The van der Waals surface area contributed by atoms with Crippen LogP contribution in [-0.2, 0) is 9.84 Å². The Morgan fingerprint density at radius 2 is 1.76 bits per heavy atom. The standard InChI is InChI=1S/C9H15ClN4O2S/c1-4-11-8-6(17(3,15)16)7(10)13-9(14-8)12-5-2/h4-5H2,1-3H3,(H2,11,12,13,14). The van der Waals surface area contributed by atoms with E-state index in [-0.39, 0.29) is 15.9 Å². The van der Waals surface area contributed by atoms with Crippen LogP contribution in [0.4, 0.5) is 11.8 Å². The van der Waals surface area contributed by atoms with Crippen molar-refractivity contribution < 1.29 is 8.42 Å². The molecule has 0 aliphatic carbocycles. The molecule has 0 saturated heterocycles. The van der Waals surface area contributed by atoms with Crippen molar-refractivity contribution >= 4 is 33.2 Å². The lowest BCUT2D eigenvalue weighted by Crippen LogP contribution is -2.12. The van der Waals surface area contributed by atoms with Crippen molar-refractivity contribution in [2.45, 2.75) is 18.7 Å². The highest BCUT2D eigenvalue weighted by molar-refractivity contribution is 7.91. The van der Waals surface area contributed by atoms with Gasteiger partial charge >= 0.3 is 0 Å². The molecule has 2 N–H and O–H groups in total. The fourth-order valence-electron chi connectivity index (χ4n) is 1.28. The second-order valence-electron chi connectivity index (χ2n) is 3.35. The highest BCUT2D eigenvalue weighted by Gasteiger charge is 2.21. The lowest BCUT2D eigenvalue weighted by molar-refractivity contribution is 0.601. The van der Waals surface area contributed by atoms with Gasteiger partial charge in [0.15, 0.2) is 20.8 Å². The summed E-state index contributed by atoms with van der Waals surface area (Å²) in [6, 6.07) is 0. The van der Waals surface area contributed by atoms with Gasteiger partial charge in [-0.25, -0.2) is 8.42 Å². The van der Waals surface area contributed by atoms with Crippen LogP contribution in [0, 0.1) is 0 Å². The molecule has 0 saturated carbocycles. The Kier molecular flexibility index (Phi) is 4.53. The molecule has 0 bridgehead atoms. The first-order valence-corrected chi connectivity index (χ1v) is 7.42. The minimum Gasteiger partial charge on any atom is -0.369 e. The Balaban J connectivity index is 3.38. The highest BCUT2D eigenvalue weighted by Crippen LogP contribution is 2.27. The molecule has 1 aromatic heterocycles. The summed E-state index contributed by atoms with van der Waals surface area (Å²) in [6.45, 7) is 4.89. The van der Waals surface area contributed by atoms with Gasteiger partial charge in [-0.15, -0.1) is 0 Å². The summed E-state index contributed by atoms with van der Waals surface area (Å²) in [7, 11) is -3.47. The predicted octanol–water partition coefficient (Wildman–Crippen LogP) is 1.40. The summed E-state index contributed by atoms with van der Waals surface area (Å²) in [5, 5.41) is 5.68. The van der Waals surface area contributed by atoms with Gasteiger partial charge in [0.1, 0.15) is 4.90 Å². The van der Waals surface area contributed by atoms with Crippen LogP contribution in [0.25, 0.3) is 0 Å². The van der Waals surface area contributed by atoms with E-state index >= 15 is 0 Å². The zero-order valence-electron chi connectivity index (χ0n) is 9.91. The molecular weight excluding hydrogens is 264 g/mol. The number of rotatable bonds is 5. The molecule has 1 aromatic rings. The molecule has 0 fully saturated rings. The van der Waals surface area contributed by atoms with Crippen molar-refractivity contribution in [3.05, 3.63) is 5.15 Å². The first-order chi connectivity index (χ1) is 7.90. The smallest absolute Gasteiger partial charge is 0.226 e. The summed E-state index contributed by atoms with van der Waals surface area (Å²) in [5.41, 5.74) is 0. The van der Waals surface area contributed by atoms with Gasteiger partial charge in [0.05, 0.1) is 0 Å². The van der Waals surface area contributed by atoms with E-state index in [0.29, 0.717) is 19.0 Å². The van der Waals surface area contributed by atoms with E-state index in [4.69, 9.17) is 11.6 Å². The number of anilines is 2. The van der Waals surface area contributed by atoms with Crippen LogP contribution in [0.3, 0.4) is 0 Å². The van der Waals surface area contributed by atoms with E-state index in [2.05, 4.69) is 20.6 Å². The van der Waals surface area contributed by atoms with E-state index < -0.39 is 9.84 Å². The van der Waals surface area contributed by atoms with Gasteiger partial charge in [-0.2, -0.15) is 9.97 Å². The summed E-state index contributed by atoms with van der Waals surface area (Å²) in [6.07, 6.45) is 1.07. The molecule has 96 valence electrons. The fraction of sp³-hybridized carbons (Fsp3) is 0.556. The Morgan fingerprint density at radius 1 is 1.18 bits per heavy atom. The molecule has 17 heavy (non-hydrogen) atoms. The van der Waals surface area contributed by atoms with Crippen molar-refractivity contribution in [2.24, 2.45) is 0 Å². The number of hydrogen-bond donors (Lipinski definition) is 2. The average Bonchev–Trinajstić information content (AvgIpc) is 2.15. The quantitative estimate of drug-likeness (QED) is 0.792. The number of nitrogens with zero attached hydrogens (tertiary/aromatic N) is 2. The predicted molar refractivity (Wildman–Crippen MR) is 68.5 cm³/mol. The second-order valence-corrected chi connectivity index (χ2v) is 5.66. The van der Waals surface area contributed by atoms with Gasteiger partial charge in [0.25, 0.3) is 0 Å². The Hall–Kier alpha value is -1.08. The molecule has 0 aliphatic rings. The van der Waals surface area contributed by atoms with Gasteiger partial charge in [-0.1, -0.05) is 11.6 Å². The topological polar surface area (TPSA) is 84.0 Å². The van der Waals surface area contributed by atoms with Gasteiger partial charge in [0, 0.05) is 19.3 Å². The summed E-state index contributed by atoms with van der Waals surface area (Å²) < 4.78 is 23.2. The number of nitrogens with one attached hydrogen (secondary N) is 2. The molecule has 0 amide bonds. The Labute approximate surface area is 106 Å². The molecule has 0 spiro atoms. The van der Waals surface area contributed by atoms with E-state index in [9.17, 15) is 8.42 Å². The molecule has 6 nitrogen and oxygen atoms in total. The summed E-state index contributed by atoms with van der Waals surface area (Å²) >= 11 is 5.88. The lowest BCUT2D eigenvalue weighted by Gasteiger charge is -2.11.